The molecule has 110 valence electrons. The van der Waals surface area contributed by atoms with Crippen LogP contribution in [0.5, 0.6) is 11.5 Å². The summed E-state index contributed by atoms with van der Waals surface area (Å²) in [5, 5.41) is 1.49. The highest BCUT2D eigenvalue weighted by molar-refractivity contribution is 7.78. The van der Waals surface area contributed by atoms with Crippen molar-refractivity contribution in [2.75, 3.05) is 33.4 Å². The van der Waals surface area contributed by atoms with Gasteiger partial charge in [0.2, 0.25) is 0 Å². The van der Waals surface area contributed by atoms with E-state index in [9.17, 15) is 4.79 Å². The molecule has 1 aromatic carbocycles. The highest BCUT2D eigenvalue weighted by atomic mass is 32.1. The standard InChI is InChI=1S/C13H17NO5S/c1-16-8-19-11-7-9(17-2)6-10(14)12(11)13(15)18-4-3-5-20/h5-7H,3-4,8,14H2,1-2H3. The molecule has 1 aromatic rings. The van der Waals surface area contributed by atoms with E-state index >= 15 is 0 Å². The molecule has 20 heavy (non-hydrogen) atoms. The van der Waals surface area contributed by atoms with E-state index in [0.29, 0.717) is 12.2 Å². The van der Waals surface area contributed by atoms with Crippen molar-refractivity contribution in [3.63, 3.8) is 0 Å². The van der Waals surface area contributed by atoms with Crippen LogP contribution in [0.3, 0.4) is 0 Å². The minimum atomic E-state index is -0.576. The summed E-state index contributed by atoms with van der Waals surface area (Å²) in [6.45, 7) is 0.171. The molecule has 0 aromatic heterocycles. The fourth-order valence-corrected chi connectivity index (χ4v) is 1.55. The second-order valence-corrected chi connectivity index (χ2v) is 4.07. The third-order valence-electron chi connectivity index (χ3n) is 2.35. The highest BCUT2D eigenvalue weighted by Gasteiger charge is 2.19. The second kappa shape index (κ2) is 8.34. The molecule has 0 radical (unpaired) electrons. The fourth-order valence-electron chi connectivity index (χ4n) is 1.46. The van der Waals surface area contributed by atoms with Crippen LogP contribution in [0.1, 0.15) is 16.8 Å². The molecule has 0 saturated heterocycles. The van der Waals surface area contributed by atoms with Crippen LogP contribution in [0.2, 0.25) is 0 Å². The Bertz CT molecular complexity index is 478. The van der Waals surface area contributed by atoms with Crippen LogP contribution in [0.25, 0.3) is 0 Å². The van der Waals surface area contributed by atoms with E-state index in [2.05, 4.69) is 12.2 Å². The Balaban J connectivity index is 3.01. The zero-order valence-corrected chi connectivity index (χ0v) is 12.2. The van der Waals surface area contributed by atoms with Crippen LogP contribution in [0.15, 0.2) is 12.1 Å². The Morgan fingerprint density at radius 2 is 2.15 bits per heavy atom. The van der Waals surface area contributed by atoms with Crippen LogP contribution >= 0.6 is 12.2 Å². The van der Waals surface area contributed by atoms with E-state index < -0.39 is 5.97 Å². The monoisotopic (exact) mass is 299 g/mol. The zero-order chi connectivity index (χ0) is 15.0. The predicted molar refractivity (Wildman–Crippen MR) is 78.5 cm³/mol. The van der Waals surface area contributed by atoms with Gasteiger partial charge in [-0.15, -0.1) is 0 Å². The number of benzene rings is 1. The smallest absolute Gasteiger partial charge is 0.344 e. The lowest BCUT2D eigenvalue weighted by Gasteiger charge is -2.14. The van der Waals surface area contributed by atoms with Gasteiger partial charge in [0.25, 0.3) is 0 Å². The second-order valence-electron chi connectivity index (χ2n) is 3.73. The molecule has 0 aliphatic carbocycles. The first kappa shape index (κ1) is 16.2. The van der Waals surface area contributed by atoms with E-state index in [1.165, 1.54) is 25.7 Å². The summed E-state index contributed by atoms with van der Waals surface area (Å²) in [4.78, 5) is 12.0. The van der Waals surface area contributed by atoms with Crippen LogP contribution in [0.4, 0.5) is 5.69 Å². The molecule has 0 heterocycles. The molecule has 0 bridgehead atoms. The maximum Gasteiger partial charge on any atom is 0.344 e. The Morgan fingerprint density at radius 3 is 2.75 bits per heavy atom. The molecule has 1 rings (SSSR count). The van der Waals surface area contributed by atoms with Gasteiger partial charge in [-0.05, 0) is 5.37 Å². The molecule has 0 aliphatic rings. The SMILES string of the molecule is COCOc1cc(OC)cc(N)c1C(=O)OCCC=S. The van der Waals surface area contributed by atoms with E-state index in [1.807, 2.05) is 0 Å². The molecule has 6 nitrogen and oxygen atoms in total. The summed E-state index contributed by atoms with van der Waals surface area (Å²) < 4.78 is 20.3. The van der Waals surface area contributed by atoms with Crippen molar-refractivity contribution in [2.24, 2.45) is 0 Å². The van der Waals surface area contributed by atoms with Gasteiger partial charge in [0.15, 0.2) is 6.79 Å². The Kier molecular flexibility index (Phi) is 6.75. The molecule has 0 spiro atoms. The van der Waals surface area contributed by atoms with Crippen molar-refractivity contribution < 1.29 is 23.7 Å². The minimum absolute atomic E-state index is 0.0210. The Labute approximate surface area is 122 Å². The molecule has 7 heteroatoms. The number of methoxy groups -OCH3 is 2. The summed E-state index contributed by atoms with van der Waals surface area (Å²) in [5.74, 6) is 0.146. The Morgan fingerprint density at radius 1 is 1.40 bits per heavy atom. The van der Waals surface area contributed by atoms with Crippen molar-refractivity contribution in [1.29, 1.82) is 0 Å². The number of hydrogen-bond acceptors (Lipinski definition) is 7. The first-order valence-electron chi connectivity index (χ1n) is 5.84. The first-order chi connectivity index (χ1) is 9.63. The number of nitrogens with two attached hydrogens (primary N) is 1. The van der Waals surface area contributed by atoms with Crippen molar-refractivity contribution in [3.05, 3.63) is 17.7 Å². The van der Waals surface area contributed by atoms with Crippen LogP contribution < -0.4 is 15.2 Å². The third kappa shape index (κ3) is 4.36. The van der Waals surface area contributed by atoms with E-state index in [0.717, 1.165) is 0 Å². The topological polar surface area (TPSA) is 80.0 Å². The van der Waals surface area contributed by atoms with Crippen LogP contribution in [-0.4, -0.2) is 39.0 Å². The molecule has 0 atom stereocenters. The lowest BCUT2D eigenvalue weighted by atomic mass is 10.1. The van der Waals surface area contributed by atoms with Crippen molar-refractivity contribution in [2.45, 2.75) is 6.42 Å². The van der Waals surface area contributed by atoms with Gasteiger partial charge in [0.05, 0.1) is 19.4 Å². The summed E-state index contributed by atoms with van der Waals surface area (Å²) in [7, 11) is 2.97. The molecular formula is C13H17NO5S. The lowest BCUT2D eigenvalue weighted by Crippen LogP contribution is -2.13. The normalized spacial score (nSPS) is 9.90. The van der Waals surface area contributed by atoms with Gasteiger partial charge in [0, 0.05) is 25.7 Å². The predicted octanol–water partition coefficient (Wildman–Crippen LogP) is 1.81. The van der Waals surface area contributed by atoms with E-state index in [4.69, 9.17) is 24.7 Å². The zero-order valence-electron chi connectivity index (χ0n) is 11.4. The van der Waals surface area contributed by atoms with Gasteiger partial charge in [-0.1, -0.05) is 12.2 Å². The van der Waals surface area contributed by atoms with Gasteiger partial charge in [-0.25, -0.2) is 4.79 Å². The molecular weight excluding hydrogens is 282 g/mol. The molecule has 0 fully saturated rings. The minimum Gasteiger partial charge on any atom is -0.497 e. The number of hydrogen-bond donors (Lipinski definition) is 1. The third-order valence-corrected chi connectivity index (χ3v) is 2.58. The average Bonchev–Trinajstić information content (AvgIpc) is 2.44. The first-order valence-corrected chi connectivity index (χ1v) is 6.31. The molecule has 0 aliphatic heterocycles. The number of nitrogen functional groups attached to an aromatic ring is 1. The summed E-state index contributed by atoms with van der Waals surface area (Å²) in [6.07, 6.45) is 0.491. The summed E-state index contributed by atoms with van der Waals surface area (Å²) in [6, 6.07) is 3.07. The number of carbonyl (C=O) groups is 1. The van der Waals surface area contributed by atoms with E-state index in [-0.39, 0.29) is 30.4 Å². The Hall–Kier alpha value is -1.86. The molecule has 0 amide bonds. The largest absolute Gasteiger partial charge is 0.497 e. The average molecular weight is 299 g/mol. The molecule has 0 saturated carbocycles. The fraction of sp³-hybridized carbons (Fsp3) is 0.385. The number of anilines is 1. The number of ether oxygens (including phenoxy) is 4. The molecule has 0 unspecified atom stereocenters. The lowest BCUT2D eigenvalue weighted by molar-refractivity contribution is 0.0434. The van der Waals surface area contributed by atoms with Crippen molar-refractivity contribution >= 4 is 29.2 Å². The van der Waals surface area contributed by atoms with Gasteiger partial charge in [-0.2, -0.15) is 0 Å². The van der Waals surface area contributed by atoms with Crippen molar-refractivity contribution in [3.8, 4) is 11.5 Å². The van der Waals surface area contributed by atoms with Crippen molar-refractivity contribution in [1.82, 2.24) is 0 Å². The number of esters is 1. The maximum absolute atomic E-state index is 12.0. The van der Waals surface area contributed by atoms with Gasteiger partial charge in [-0.3, -0.25) is 0 Å². The van der Waals surface area contributed by atoms with Crippen LogP contribution in [0, 0.1) is 0 Å². The van der Waals surface area contributed by atoms with Gasteiger partial charge >= 0.3 is 5.97 Å². The number of carbonyl (C=O) groups excluding carboxylic acids is 1. The number of thiocarbonyl (C=S) groups is 1. The summed E-state index contributed by atoms with van der Waals surface area (Å²) >= 11 is 4.66. The number of rotatable bonds is 8. The maximum atomic E-state index is 12.0. The van der Waals surface area contributed by atoms with Crippen LogP contribution in [-0.2, 0) is 9.47 Å². The molecule has 2 N–H and O–H groups in total. The quantitative estimate of drug-likeness (QED) is 0.258. The summed E-state index contributed by atoms with van der Waals surface area (Å²) in [5.41, 5.74) is 6.20. The van der Waals surface area contributed by atoms with Gasteiger partial charge in [0.1, 0.15) is 17.1 Å². The van der Waals surface area contributed by atoms with E-state index in [1.54, 1.807) is 6.07 Å². The van der Waals surface area contributed by atoms with Gasteiger partial charge < -0.3 is 24.7 Å². The highest BCUT2D eigenvalue weighted by Crippen LogP contribution is 2.31.